The number of nitrogens with zero attached hydrogens (tertiary/aromatic N) is 2. The summed E-state index contributed by atoms with van der Waals surface area (Å²) < 4.78 is 5.72. The van der Waals surface area contributed by atoms with Crippen molar-refractivity contribution in [3.05, 3.63) is 58.8 Å². The number of rotatable bonds is 4. The number of hydrogen-bond donors (Lipinski definition) is 1. The van der Waals surface area contributed by atoms with E-state index in [1.165, 1.54) is 16.8 Å². The second-order valence-corrected chi connectivity index (χ2v) is 6.72. The summed E-state index contributed by atoms with van der Waals surface area (Å²) in [5.74, 6) is 0.968. The number of nitrogens with one attached hydrogen (secondary N) is 1. The normalized spacial score (nSPS) is 21.2. The topological polar surface area (TPSA) is 36.9 Å². The zero-order valence-electron chi connectivity index (χ0n) is 16.3. The molecule has 0 aromatic rings. The Morgan fingerprint density at radius 1 is 1.32 bits per heavy atom. The van der Waals surface area contributed by atoms with Gasteiger partial charge in [0.15, 0.2) is 0 Å². The second-order valence-electron chi connectivity index (χ2n) is 6.72. The Morgan fingerprint density at radius 2 is 2.08 bits per heavy atom. The molecule has 0 bridgehead atoms. The first-order valence-corrected chi connectivity index (χ1v) is 8.98. The number of piperidine rings is 1. The van der Waals surface area contributed by atoms with Crippen molar-refractivity contribution in [3.63, 3.8) is 0 Å². The highest BCUT2D eigenvalue weighted by molar-refractivity contribution is 5.79. The maximum absolute atomic E-state index is 5.72. The summed E-state index contributed by atoms with van der Waals surface area (Å²) in [6.45, 7) is 17.9. The Balaban J connectivity index is 2.28. The first-order valence-electron chi connectivity index (χ1n) is 8.98. The number of aliphatic imine (C=N–C) groups is 1. The zero-order chi connectivity index (χ0) is 18.4. The van der Waals surface area contributed by atoms with E-state index < -0.39 is 0 Å². The Hall–Kier alpha value is -2.23. The van der Waals surface area contributed by atoms with Crippen LogP contribution in [-0.2, 0) is 4.74 Å². The molecule has 0 atom stereocenters. The van der Waals surface area contributed by atoms with Gasteiger partial charge < -0.3 is 15.0 Å². The summed E-state index contributed by atoms with van der Waals surface area (Å²) in [5, 5.41) is 3.48. The van der Waals surface area contributed by atoms with Gasteiger partial charge in [-0.25, -0.2) is 0 Å². The average Bonchev–Trinajstić information content (AvgIpc) is 2.58. The molecule has 0 spiro atoms. The lowest BCUT2D eigenvalue weighted by atomic mass is 9.98. The molecule has 1 N–H and O–H groups in total. The maximum atomic E-state index is 5.72. The molecular weight excluding hydrogens is 310 g/mol. The van der Waals surface area contributed by atoms with Crippen molar-refractivity contribution in [2.24, 2.45) is 4.99 Å². The molecule has 2 rings (SSSR count). The van der Waals surface area contributed by atoms with E-state index in [2.05, 4.69) is 47.8 Å². The largest absolute Gasteiger partial charge is 0.494 e. The lowest BCUT2D eigenvalue weighted by Gasteiger charge is -2.34. The van der Waals surface area contributed by atoms with E-state index in [1.807, 2.05) is 27.0 Å². The van der Waals surface area contributed by atoms with Gasteiger partial charge in [0.1, 0.15) is 12.4 Å². The molecule has 2 aliphatic heterocycles. The van der Waals surface area contributed by atoms with Gasteiger partial charge in [0, 0.05) is 37.2 Å². The zero-order valence-corrected chi connectivity index (χ0v) is 16.3. The molecule has 4 heteroatoms. The number of hydrogen-bond acceptors (Lipinski definition) is 4. The average molecular weight is 341 g/mol. The minimum Gasteiger partial charge on any atom is -0.494 e. The minimum absolute atomic E-state index is 0.730. The van der Waals surface area contributed by atoms with Gasteiger partial charge in [-0.2, -0.15) is 0 Å². The van der Waals surface area contributed by atoms with E-state index in [-0.39, 0.29) is 0 Å². The van der Waals surface area contributed by atoms with Crippen molar-refractivity contribution in [3.8, 4) is 0 Å². The fourth-order valence-corrected chi connectivity index (χ4v) is 3.14. The van der Waals surface area contributed by atoms with Crippen LogP contribution >= 0.6 is 0 Å². The minimum atomic E-state index is 0.730. The van der Waals surface area contributed by atoms with Gasteiger partial charge in [-0.05, 0) is 63.8 Å². The molecule has 0 amide bonds. The SMILES string of the molecule is C=C1CN(C(/C=C\C)=C(\C)C2=C(C)OCCN2)CC/C1=C/N=C(C)C. The Bertz CT molecular complexity index is 673. The van der Waals surface area contributed by atoms with Crippen LogP contribution in [0.3, 0.4) is 0 Å². The third kappa shape index (κ3) is 4.88. The Morgan fingerprint density at radius 3 is 2.68 bits per heavy atom. The summed E-state index contributed by atoms with van der Waals surface area (Å²) in [7, 11) is 0. The van der Waals surface area contributed by atoms with E-state index in [9.17, 15) is 0 Å². The van der Waals surface area contributed by atoms with Gasteiger partial charge in [-0.3, -0.25) is 4.99 Å². The molecule has 0 unspecified atom stereocenters. The van der Waals surface area contributed by atoms with Crippen molar-refractivity contribution in [1.82, 2.24) is 10.2 Å². The molecule has 2 aliphatic rings. The van der Waals surface area contributed by atoms with Crippen LogP contribution in [0, 0.1) is 0 Å². The van der Waals surface area contributed by atoms with Crippen molar-refractivity contribution in [1.29, 1.82) is 0 Å². The summed E-state index contributed by atoms with van der Waals surface area (Å²) in [6, 6.07) is 0. The summed E-state index contributed by atoms with van der Waals surface area (Å²) in [4.78, 5) is 6.84. The quantitative estimate of drug-likeness (QED) is 0.611. The third-order valence-electron chi connectivity index (χ3n) is 4.46. The fourth-order valence-electron chi connectivity index (χ4n) is 3.14. The van der Waals surface area contributed by atoms with Crippen molar-refractivity contribution < 1.29 is 4.74 Å². The molecule has 0 aromatic heterocycles. The van der Waals surface area contributed by atoms with Gasteiger partial charge in [0.2, 0.25) is 0 Å². The molecule has 136 valence electrons. The van der Waals surface area contributed by atoms with Crippen LogP contribution in [0.25, 0.3) is 0 Å². The number of likely N-dealkylation sites (tertiary alicyclic amines) is 1. The fraction of sp³-hybridized carbons (Fsp3) is 0.476. The Kier molecular flexibility index (Phi) is 6.68. The van der Waals surface area contributed by atoms with Crippen LogP contribution in [0.1, 0.15) is 41.0 Å². The van der Waals surface area contributed by atoms with Crippen molar-refractivity contribution >= 4 is 5.71 Å². The van der Waals surface area contributed by atoms with Crippen molar-refractivity contribution in [2.45, 2.75) is 41.0 Å². The molecule has 4 nitrogen and oxygen atoms in total. The van der Waals surface area contributed by atoms with Gasteiger partial charge in [-0.15, -0.1) is 0 Å². The lowest BCUT2D eigenvalue weighted by molar-refractivity contribution is 0.194. The van der Waals surface area contributed by atoms with Crippen LogP contribution in [0.4, 0.5) is 0 Å². The summed E-state index contributed by atoms with van der Waals surface area (Å²) >= 11 is 0. The monoisotopic (exact) mass is 341 g/mol. The highest BCUT2D eigenvalue weighted by atomic mass is 16.5. The molecule has 2 heterocycles. The number of ether oxygens (including phenoxy) is 1. The van der Waals surface area contributed by atoms with Gasteiger partial charge in [-0.1, -0.05) is 12.7 Å². The molecule has 25 heavy (non-hydrogen) atoms. The lowest BCUT2D eigenvalue weighted by Crippen LogP contribution is -2.33. The highest BCUT2D eigenvalue weighted by Gasteiger charge is 2.22. The van der Waals surface area contributed by atoms with E-state index >= 15 is 0 Å². The molecule has 0 saturated carbocycles. The van der Waals surface area contributed by atoms with E-state index in [0.29, 0.717) is 0 Å². The highest BCUT2D eigenvalue weighted by Crippen LogP contribution is 2.28. The first kappa shape index (κ1) is 19.1. The van der Waals surface area contributed by atoms with Crippen LogP contribution in [0.5, 0.6) is 0 Å². The summed E-state index contributed by atoms with van der Waals surface area (Å²) in [6.07, 6.45) is 7.22. The van der Waals surface area contributed by atoms with E-state index in [0.717, 1.165) is 55.4 Å². The first-order chi connectivity index (χ1) is 11.9. The van der Waals surface area contributed by atoms with Crippen molar-refractivity contribution in [2.75, 3.05) is 26.2 Å². The second kappa shape index (κ2) is 8.75. The molecule has 0 radical (unpaired) electrons. The predicted octanol–water partition coefficient (Wildman–Crippen LogP) is 4.31. The van der Waals surface area contributed by atoms with Crippen LogP contribution in [0.2, 0.25) is 0 Å². The van der Waals surface area contributed by atoms with Crippen LogP contribution in [-0.4, -0.2) is 36.9 Å². The van der Waals surface area contributed by atoms with E-state index in [1.54, 1.807) is 0 Å². The van der Waals surface area contributed by atoms with Crippen LogP contribution < -0.4 is 5.32 Å². The Labute approximate surface area is 152 Å². The predicted molar refractivity (Wildman–Crippen MR) is 106 cm³/mol. The third-order valence-corrected chi connectivity index (χ3v) is 4.46. The molecule has 1 fully saturated rings. The molecule has 0 aliphatic carbocycles. The van der Waals surface area contributed by atoms with Crippen LogP contribution in [0.15, 0.2) is 63.8 Å². The summed E-state index contributed by atoms with van der Waals surface area (Å²) in [5.41, 5.74) is 7.02. The maximum Gasteiger partial charge on any atom is 0.116 e. The number of allylic oxidation sites excluding steroid dienone is 4. The van der Waals surface area contributed by atoms with Gasteiger partial charge in [0.05, 0.1) is 5.70 Å². The smallest absolute Gasteiger partial charge is 0.116 e. The van der Waals surface area contributed by atoms with E-state index in [4.69, 9.17) is 4.74 Å². The standard InChI is InChI=1S/C21H31N3O/c1-7-8-20(17(5)21-18(6)25-12-10-22-21)24-11-9-19(16(4)14-24)13-23-15(2)3/h7-8,13,22H,4,9-12,14H2,1-3,5-6H3/b8-7-,19-13-,20-17+. The molecule has 0 aromatic carbocycles. The molecule has 1 saturated heterocycles. The van der Waals surface area contributed by atoms with Gasteiger partial charge in [0.25, 0.3) is 0 Å². The van der Waals surface area contributed by atoms with Gasteiger partial charge >= 0.3 is 0 Å². The molecular formula is C21H31N3O.